The van der Waals surface area contributed by atoms with Gasteiger partial charge in [0.15, 0.2) is 5.82 Å². The number of hydrogen-bond acceptors (Lipinski definition) is 4. The molecule has 5 aromatic rings. The first-order valence-corrected chi connectivity index (χ1v) is 9.71. The Morgan fingerprint density at radius 2 is 1.83 bits per heavy atom. The molecule has 144 valence electrons. The minimum atomic E-state index is 0.738. The van der Waals surface area contributed by atoms with E-state index in [2.05, 4.69) is 39.9 Å². The highest BCUT2D eigenvalue weighted by molar-refractivity contribution is 5.97. The summed E-state index contributed by atoms with van der Waals surface area (Å²) >= 11 is 0. The summed E-state index contributed by atoms with van der Waals surface area (Å²) in [5.41, 5.74) is 7.54. The molecular weight excluding hydrogens is 370 g/mol. The van der Waals surface area contributed by atoms with Gasteiger partial charge < -0.3 is 4.98 Å². The number of pyridine rings is 2. The second-order valence-corrected chi connectivity index (χ2v) is 6.95. The van der Waals surface area contributed by atoms with Gasteiger partial charge in [-0.2, -0.15) is 0 Å². The molecule has 0 atom stereocenters. The zero-order valence-electron chi connectivity index (χ0n) is 16.5. The predicted molar refractivity (Wildman–Crippen MR) is 124 cm³/mol. The fraction of sp³-hybridized carbons (Fsp3) is 0.0400. The predicted octanol–water partition coefficient (Wildman–Crippen LogP) is 6.21. The highest BCUT2D eigenvalue weighted by Gasteiger charge is 2.14. The Bertz CT molecular complexity index is 1430. The Kier molecular flexibility index (Phi) is 4.41. The van der Waals surface area contributed by atoms with Gasteiger partial charge in [0.05, 0.1) is 22.2 Å². The molecule has 0 bridgehead atoms. The summed E-state index contributed by atoms with van der Waals surface area (Å²) in [5, 5.41) is 1.00. The molecule has 0 saturated carbocycles. The maximum Gasteiger partial charge on any atom is 0.157 e. The molecule has 30 heavy (non-hydrogen) atoms. The molecule has 0 radical (unpaired) electrons. The lowest BCUT2D eigenvalue weighted by Gasteiger charge is -2.10. The highest BCUT2D eigenvalue weighted by Crippen LogP contribution is 2.36. The first-order valence-electron chi connectivity index (χ1n) is 9.71. The molecule has 0 saturated heterocycles. The van der Waals surface area contributed by atoms with E-state index in [0.29, 0.717) is 0 Å². The second kappa shape index (κ2) is 7.37. The zero-order chi connectivity index (χ0) is 20.5. The van der Waals surface area contributed by atoms with Crippen LogP contribution >= 0.6 is 0 Å². The van der Waals surface area contributed by atoms with E-state index in [4.69, 9.17) is 9.97 Å². The standard InChI is InChI=1S/C25H19N5/c1-3-6-18-17(7-4-9-21(18)26-2)19-8-5-10-22-24(19)30-25(29-22)23-12-11-16-15-27-14-13-20(16)28-23/h3-15H,2H2,1H3,(H,29,30)/b6-3-. The smallest absolute Gasteiger partial charge is 0.157 e. The van der Waals surface area contributed by atoms with E-state index in [9.17, 15) is 0 Å². The molecule has 5 heteroatoms. The zero-order valence-corrected chi connectivity index (χ0v) is 16.5. The van der Waals surface area contributed by atoms with E-state index >= 15 is 0 Å². The van der Waals surface area contributed by atoms with Crippen molar-refractivity contribution < 1.29 is 0 Å². The van der Waals surface area contributed by atoms with Crippen LogP contribution in [0.2, 0.25) is 0 Å². The van der Waals surface area contributed by atoms with Gasteiger partial charge >= 0.3 is 0 Å². The second-order valence-electron chi connectivity index (χ2n) is 6.95. The number of H-pyrrole nitrogens is 1. The molecule has 0 aliphatic rings. The van der Waals surface area contributed by atoms with Gasteiger partial charge in [0.25, 0.3) is 0 Å². The molecule has 5 rings (SSSR count). The molecular formula is C25H19N5. The van der Waals surface area contributed by atoms with Crippen LogP contribution in [0, 0.1) is 0 Å². The van der Waals surface area contributed by atoms with Gasteiger partial charge in [-0.3, -0.25) is 9.98 Å². The summed E-state index contributed by atoms with van der Waals surface area (Å²) in [7, 11) is 0. The molecule has 2 aromatic carbocycles. The number of hydrogen-bond donors (Lipinski definition) is 1. The molecule has 1 N–H and O–H groups in total. The van der Waals surface area contributed by atoms with E-state index in [1.807, 2.05) is 61.7 Å². The van der Waals surface area contributed by atoms with Gasteiger partial charge in [-0.15, -0.1) is 0 Å². The maximum atomic E-state index is 4.92. The van der Waals surface area contributed by atoms with Crippen LogP contribution in [0.1, 0.15) is 12.5 Å². The van der Waals surface area contributed by atoms with Crippen molar-refractivity contribution in [3.8, 4) is 22.6 Å². The van der Waals surface area contributed by atoms with Crippen molar-refractivity contribution in [2.45, 2.75) is 6.92 Å². The molecule has 3 aromatic heterocycles. The van der Waals surface area contributed by atoms with Crippen LogP contribution in [0.25, 0.3) is 50.7 Å². The topological polar surface area (TPSA) is 66.8 Å². The van der Waals surface area contributed by atoms with E-state index in [1.165, 1.54) is 0 Å². The van der Waals surface area contributed by atoms with E-state index in [-0.39, 0.29) is 0 Å². The normalized spacial score (nSPS) is 11.5. The van der Waals surface area contributed by atoms with Gasteiger partial charge in [0.2, 0.25) is 0 Å². The number of rotatable bonds is 4. The van der Waals surface area contributed by atoms with Gasteiger partial charge in [-0.25, -0.2) is 9.97 Å². The number of para-hydroxylation sites is 1. The lowest BCUT2D eigenvalue weighted by Crippen LogP contribution is -1.88. The fourth-order valence-corrected chi connectivity index (χ4v) is 3.74. The van der Waals surface area contributed by atoms with Crippen molar-refractivity contribution in [2.75, 3.05) is 0 Å². The molecule has 3 heterocycles. The van der Waals surface area contributed by atoms with Crippen molar-refractivity contribution in [1.82, 2.24) is 19.9 Å². The van der Waals surface area contributed by atoms with Crippen LogP contribution in [0.15, 0.2) is 78.1 Å². The summed E-state index contributed by atoms with van der Waals surface area (Å²) in [6.07, 6.45) is 7.63. The number of imidazole rings is 1. The number of benzene rings is 2. The highest BCUT2D eigenvalue weighted by atomic mass is 15.0. The monoisotopic (exact) mass is 389 g/mol. The molecule has 0 amide bonds. The number of fused-ring (bicyclic) bond motifs is 2. The largest absolute Gasteiger partial charge is 0.337 e. The van der Waals surface area contributed by atoms with Crippen LogP contribution < -0.4 is 0 Å². The third-order valence-corrected chi connectivity index (χ3v) is 5.12. The average molecular weight is 389 g/mol. The van der Waals surface area contributed by atoms with Crippen LogP contribution in [0.5, 0.6) is 0 Å². The minimum absolute atomic E-state index is 0.738. The Hall–Kier alpha value is -4.12. The average Bonchev–Trinajstić information content (AvgIpc) is 3.24. The minimum Gasteiger partial charge on any atom is -0.337 e. The maximum absolute atomic E-state index is 4.92. The molecule has 0 aliphatic carbocycles. The first kappa shape index (κ1) is 17.9. The lowest BCUT2D eigenvalue weighted by molar-refractivity contribution is 1.26. The number of nitrogens with one attached hydrogen (secondary N) is 1. The van der Waals surface area contributed by atoms with Gasteiger partial charge in [0, 0.05) is 28.9 Å². The quantitative estimate of drug-likeness (QED) is 0.372. The number of aromatic nitrogens is 4. The lowest BCUT2D eigenvalue weighted by atomic mass is 9.97. The molecule has 0 fully saturated rings. The van der Waals surface area contributed by atoms with Crippen LogP contribution in [-0.4, -0.2) is 26.7 Å². The Morgan fingerprint density at radius 1 is 0.967 bits per heavy atom. The number of aromatic amines is 1. The van der Waals surface area contributed by atoms with Crippen molar-refractivity contribution in [3.63, 3.8) is 0 Å². The van der Waals surface area contributed by atoms with E-state index in [0.717, 1.165) is 55.8 Å². The van der Waals surface area contributed by atoms with Crippen LogP contribution in [-0.2, 0) is 0 Å². The van der Waals surface area contributed by atoms with Gasteiger partial charge in [-0.1, -0.05) is 36.4 Å². The number of allylic oxidation sites excluding steroid dienone is 1. The third-order valence-electron chi connectivity index (χ3n) is 5.12. The van der Waals surface area contributed by atoms with Gasteiger partial charge in [-0.05, 0) is 49.5 Å². The third kappa shape index (κ3) is 2.97. The summed E-state index contributed by atoms with van der Waals surface area (Å²) in [6, 6.07) is 18.1. The van der Waals surface area contributed by atoms with Crippen molar-refractivity contribution in [3.05, 3.63) is 78.6 Å². The summed E-state index contributed by atoms with van der Waals surface area (Å²) in [5.74, 6) is 0.738. The fourth-order valence-electron chi connectivity index (χ4n) is 3.74. The first-order chi connectivity index (χ1) is 14.8. The molecule has 5 nitrogen and oxygen atoms in total. The van der Waals surface area contributed by atoms with Gasteiger partial charge in [0.1, 0.15) is 5.69 Å². The van der Waals surface area contributed by atoms with E-state index < -0.39 is 0 Å². The van der Waals surface area contributed by atoms with Crippen molar-refractivity contribution >= 4 is 40.4 Å². The van der Waals surface area contributed by atoms with Crippen LogP contribution in [0.4, 0.5) is 5.69 Å². The molecule has 0 unspecified atom stereocenters. The number of aliphatic imine (C=N–C) groups is 1. The number of nitrogens with zero attached hydrogens (tertiary/aromatic N) is 4. The van der Waals surface area contributed by atoms with Crippen molar-refractivity contribution in [1.29, 1.82) is 0 Å². The van der Waals surface area contributed by atoms with Crippen LogP contribution in [0.3, 0.4) is 0 Å². The Morgan fingerprint density at radius 3 is 2.70 bits per heavy atom. The summed E-state index contributed by atoms with van der Waals surface area (Å²) in [4.78, 5) is 21.4. The Balaban J connectivity index is 1.71. The molecule has 0 spiro atoms. The van der Waals surface area contributed by atoms with Crippen molar-refractivity contribution in [2.24, 2.45) is 4.99 Å². The summed E-state index contributed by atoms with van der Waals surface area (Å²) in [6.45, 7) is 5.72. The van der Waals surface area contributed by atoms with E-state index in [1.54, 1.807) is 6.20 Å². The summed E-state index contributed by atoms with van der Waals surface area (Å²) < 4.78 is 0. The SMILES string of the molecule is C=Nc1cccc(-c2cccc3[nH]c(-c4ccc5cnccc5n4)nc23)c1/C=C\C. The Labute approximate surface area is 173 Å². The molecule has 0 aliphatic heterocycles.